The average Bonchev–Trinajstić information content (AvgIpc) is 3.25. The molecule has 2 amide bonds. The first-order chi connectivity index (χ1) is 13.1. The number of piperidine rings is 2. The zero-order valence-corrected chi connectivity index (χ0v) is 15.6. The highest BCUT2D eigenvalue weighted by atomic mass is 16.2. The number of hydrogen-bond acceptors (Lipinski definition) is 4. The van der Waals surface area contributed by atoms with Gasteiger partial charge in [0.1, 0.15) is 6.33 Å². The fourth-order valence-electron chi connectivity index (χ4n) is 4.40. The Bertz CT molecular complexity index is 817. The molecule has 2 aliphatic rings. The van der Waals surface area contributed by atoms with Crippen LogP contribution in [0.25, 0.3) is 11.4 Å². The maximum absolute atomic E-state index is 13.0. The molecule has 1 atom stereocenters. The summed E-state index contributed by atoms with van der Waals surface area (Å²) in [7, 11) is 0. The number of H-pyrrole nitrogens is 1. The molecule has 2 aromatic rings. The molecule has 1 N–H and O–H groups in total. The molecule has 4 rings (SSSR count). The van der Waals surface area contributed by atoms with Crippen LogP contribution in [0.15, 0.2) is 30.6 Å². The second-order valence-corrected chi connectivity index (χ2v) is 7.65. The lowest BCUT2D eigenvalue weighted by Crippen LogP contribution is -2.55. The van der Waals surface area contributed by atoms with Crippen molar-refractivity contribution in [2.45, 2.75) is 32.6 Å². The highest BCUT2D eigenvalue weighted by Crippen LogP contribution is 2.39. The summed E-state index contributed by atoms with van der Waals surface area (Å²) in [6.45, 7) is 5.07. The molecule has 2 saturated heterocycles. The van der Waals surface area contributed by atoms with Crippen molar-refractivity contribution in [3.63, 3.8) is 0 Å². The fraction of sp³-hybridized carbons (Fsp3) is 0.500. The van der Waals surface area contributed by atoms with Gasteiger partial charge in [-0.2, -0.15) is 5.10 Å². The number of carbonyl (C=O) groups is 2. The number of nitrogens with one attached hydrogen (secondary N) is 1. The monoisotopic (exact) mass is 367 g/mol. The Morgan fingerprint density at radius 3 is 2.74 bits per heavy atom. The first kappa shape index (κ1) is 17.7. The summed E-state index contributed by atoms with van der Waals surface area (Å²) in [4.78, 5) is 33.2. The number of carbonyl (C=O) groups excluding carboxylic acids is 2. The van der Waals surface area contributed by atoms with Gasteiger partial charge in [0.15, 0.2) is 5.82 Å². The van der Waals surface area contributed by atoms with Gasteiger partial charge in [-0.3, -0.25) is 14.7 Å². The standard InChI is InChI=1S/C20H25N5O2/c1-2-24-12-20(10-8-17(24)26)9-3-11-25(13-20)19(27)16-6-4-15(5-7-16)18-21-14-22-23-18/h4-7,14H,2-3,8-13H2,1H3,(H,21,22,23). The van der Waals surface area contributed by atoms with E-state index in [1.807, 2.05) is 41.0 Å². The Hall–Kier alpha value is -2.70. The van der Waals surface area contributed by atoms with Gasteiger partial charge in [-0.05, 0) is 38.3 Å². The molecule has 1 unspecified atom stereocenters. The second kappa shape index (κ2) is 7.13. The molecular formula is C20H25N5O2. The molecule has 1 aromatic heterocycles. The van der Waals surface area contributed by atoms with Crippen LogP contribution in [-0.4, -0.2) is 63.0 Å². The highest BCUT2D eigenvalue weighted by Gasteiger charge is 2.42. The second-order valence-electron chi connectivity index (χ2n) is 7.65. The van der Waals surface area contributed by atoms with Crippen molar-refractivity contribution in [3.8, 4) is 11.4 Å². The van der Waals surface area contributed by atoms with Gasteiger partial charge in [-0.1, -0.05) is 12.1 Å². The number of rotatable bonds is 3. The molecule has 1 spiro atoms. The van der Waals surface area contributed by atoms with E-state index in [1.54, 1.807) is 0 Å². The first-order valence-corrected chi connectivity index (χ1v) is 9.63. The van der Waals surface area contributed by atoms with E-state index < -0.39 is 0 Å². The molecule has 142 valence electrons. The van der Waals surface area contributed by atoms with E-state index >= 15 is 0 Å². The number of likely N-dealkylation sites (tertiary alicyclic amines) is 2. The SMILES string of the molecule is CCN1CC2(CCCN(C(=O)c3ccc(-c4ncn[nH]4)cc3)C2)CCC1=O. The summed E-state index contributed by atoms with van der Waals surface area (Å²) in [5.74, 6) is 1.00. The largest absolute Gasteiger partial charge is 0.342 e. The fourth-order valence-corrected chi connectivity index (χ4v) is 4.40. The number of nitrogens with zero attached hydrogens (tertiary/aromatic N) is 4. The van der Waals surface area contributed by atoms with Crippen LogP contribution in [0.3, 0.4) is 0 Å². The van der Waals surface area contributed by atoms with Gasteiger partial charge >= 0.3 is 0 Å². The van der Waals surface area contributed by atoms with Crippen molar-refractivity contribution in [3.05, 3.63) is 36.2 Å². The number of hydrogen-bond donors (Lipinski definition) is 1. The van der Waals surface area contributed by atoms with E-state index in [9.17, 15) is 9.59 Å². The molecule has 2 fully saturated rings. The lowest BCUT2D eigenvalue weighted by atomic mass is 9.73. The molecule has 7 nitrogen and oxygen atoms in total. The summed E-state index contributed by atoms with van der Waals surface area (Å²) in [5, 5.41) is 6.69. The van der Waals surface area contributed by atoms with Crippen LogP contribution in [0.4, 0.5) is 0 Å². The Morgan fingerprint density at radius 2 is 2.04 bits per heavy atom. The van der Waals surface area contributed by atoms with Crippen molar-refractivity contribution < 1.29 is 9.59 Å². The van der Waals surface area contributed by atoms with Crippen molar-refractivity contribution in [2.24, 2.45) is 5.41 Å². The minimum Gasteiger partial charge on any atom is -0.342 e. The van der Waals surface area contributed by atoms with Crippen LogP contribution in [0.2, 0.25) is 0 Å². The van der Waals surface area contributed by atoms with Crippen LogP contribution < -0.4 is 0 Å². The topological polar surface area (TPSA) is 82.2 Å². The van der Waals surface area contributed by atoms with E-state index in [-0.39, 0.29) is 17.2 Å². The van der Waals surface area contributed by atoms with Gasteiger partial charge in [-0.15, -0.1) is 0 Å². The third-order valence-corrected chi connectivity index (χ3v) is 5.90. The van der Waals surface area contributed by atoms with Gasteiger partial charge in [0.05, 0.1) is 0 Å². The van der Waals surface area contributed by atoms with Gasteiger partial charge in [0.25, 0.3) is 5.91 Å². The molecule has 0 aliphatic carbocycles. The van der Waals surface area contributed by atoms with E-state index in [0.717, 1.165) is 51.0 Å². The predicted octanol–water partition coefficient (Wildman–Crippen LogP) is 2.34. The van der Waals surface area contributed by atoms with Crippen molar-refractivity contribution in [1.82, 2.24) is 25.0 Å². The number of benzene rings is 1. The van der Waals surface area contributed by atoms with Crippen molar-refractivity contribution in [2.75, 3.05) is 26.2 Å². The Morgan fingerprint density at radius 1 is 1.22 bits per heavy atom. The predicted molar refractivity (Wildman–Crippen MR) is 101 cm³/mol. The van der Waals surface area contributed by atoms with E-state index in [0.29, 0.717) is 17.8 Å². The summed E-state index contributed by atoms with van der Waals surface area (Å²) in [6, 6.07) is 7.49. The maximum atomic E-state index is 13.0. The Labute approximate surface area is 158 Å². The zero-order chi connectivity index (χ0) is 18.9. The minimum atomic E-state index is 0.0532. The number of aromatic nitrogens is 3. The molecule has 0 bridgehead atoms. The van der Waals surface area contributed by atoms with Gasteiger partial charge in [-0.25, -0.2) is 4.98 Å². The minimum absolute atomic E-state index is 0.0532. The van der Waals surface area contributed by atoms with Crippen LogP contribution >= 0.6 is 0 Å². The van der Waals surface area contributed by atoms with Gasteiger partial charge in [0.2, 0.25) is 5.91 Å². The normalized spacial score (nSPS) is 23.1. The van der Waals surface area contributed by atoms with Crippen LogP contribution in [-0.2, 0) is 4.79 Å². The van der Waals surface area contributed by atoms with Gasteiger partial charge < -0.3 is 9.80 Å². The smallest absolute Gasteiger partial charge is 0.253 e. The number of amides is 2. The summed E-state index contributed by atoms with van der Waals surface area (Å²) < 4.78 is 0. The molecule has 3 heterocycles. The third kappa shape index (κ3) is 3.46. The molecule has 2 aliphatic heterocycles. The molecule has 0 radical (unpaired) electrons. The van der Waals surface area contributed by atoms with E-state index in [1.165, 1.54) is 6.33 Å². The maximum Gasteiger partial charge on any atom is 0.253 e. The lowest BCUT2D eigenvalue weighted by molar-refractivity contribution is -0.138. The highest BCUT2D eigenvalue weighted by molar-refractivity contribution is 5.94. The third-order valence-electron chi connectivity index (χ3n) is 5.90. The zero-order valence-electron chi connectivity index (χ0n) is 15.6. The van der Waals surface area contributed by atoms with Crippen LogP contribution in [0, 0.1) is 5.41 Å². The first-order valence-electron chi connectivity index (χ1n) is 9.63. The molecule has 0 saturated carbocycles. The van der Waals surface area contributed by atoms with Crippen molar-refractivity contribution >= 4 is 11.8 Å². The molecule has 7 heteroatoms. The van der Waals surface area contributed by atoms with Crippen LogP contribution in [0.5, 0.6) is 0 Å². The van der Waals surface area contributed by atoms with Crippen molar-refractivity contribution in [1.29, 1.82) is 0 Å². The molecular weight excluding hydrogens is 342 g/mol. The summed E-state index contributed by atoms with van der Waals surface area (Å²) >= 11 is 0. The lowest BCUT2D eigenvalue weighted by Gasteiger charge is -2.48. The Kier molecular flexibility index (Phi) is 4.68. The van der Waals surface area contributed by atoms with E-state index in [2.05, 4.69) is 15.2 Å². The van der Waals surface area contributed by atoms with Gasteiger partial charge in [0, 0.05) is 49.1 Å². The molecule has 1 aromatic carbocycles. The molecule has 27 heavy (non-hydrogen) atoms. The average molecular weight is 367 g/mol. The summed E-state index contributed by atoms with van der Waals surface area (Å²) in [5.41, 5.74) is 1.65. The number of aromatic amines is 1. The van der Waals surface area contributed by atoms with Crippen LogP contribution in [0.1, 0.15) is 43.0 Å². The van der Waals surface area contributed by atoms with E-state index in [4.69, 9.17) is 0 Å². The quantitative estimate of drug-likeness (QED) is 0.903. The Balaban J connectivity index is 1.48. The summed E-state index contributed by atoms with van der Waals surface area (Å²) in [6.07, 6.45) is 5.03.